The van der Waals surface area contributed by atoms with Gasteiger partial charge in [0, 0.05) is 50.0 Å². The first-order chi connectivity index (χ1) is 16.9. The standard InChI is InChI=1S/C25H29FN4O5/c1-28(25(32)33)21-15-35-22-7-6-18(29-8-10-30(11-9-29)19-13-34-14-19)12-20(22)23(21)27-24(31)16-2-4-17(26)5-3-16/h2-7,12,19,21,23H,8-11,13-15H2,1H3,(H,27,31)(H,32,33)/t21-,23+/m0/s1. The van der Waals surface area contributed by atoms with Gasteiger partial charge in [-0.15, -0.1) is 0 Å². The van der Waals surface area contributed by atoms with Crippen molar-refractivity contribution in [3.8, 4) is 5.75 Å². The zero-order chi connectivity index (χ0) is 24.5. The zero-order valence-corrected chi connectivity index (χ0v) is 19.5. The number of carbonyl (C=O) groups is 2. The summed E-state index contributed by atoms with van der Waals surface area (Å²) in [6.07, 6.45) is -1.12. The van der Waals surface area contributed by atoms with Crippen molar-refractivity contribution in [2.45, 2.75) is 18.1 Å². The molecule has 35 heavy (non-hydrogen) atoms. The third kappa shape index (κ3) is 4.76. The van der Waals surface area contributed by atoms with Crippen LogP contribution in [0.15, 0.2) is 42.5 Å². The van der Waals surface area contributed by atoms with Gasteiger partial charge in [-0.05, 0) is 42.5 Å². The number of amides is 2. The van der Waals surface area contributed by atoms with Crippen LogP contribution in [-0.2, 0) is 4.74 Å². The number of likely N-dealkylation sites (N-methyl/N-ethyl adjacent to an activating group) is 1. The first-order valence-corrected chi connectivity index (χ1v) is 11.8. The van der Waals surface area contributed by atoms with Crippen LogP contribution in [0.25, 0.3) is 0 Å². The Morgan fingerprint density at radius 3 is 2.40 bits per heavy atom. The van der Waals surface area contributed by atoms with Crippen LogP contribution in [0.3, 0.4) is 0 Å². The lowest BCUT2D eigenvalue weighted by Crippen LogP contribution is -2.56. The van der Waals surface area contributed by atoms with Gasteiger partial charge in [0.15, 0.2) is 0 Å². The van der Waals surface area contributed by atoms with Crippen molar-refractivity contribution in [2.24, 2.45) is 0 Å². The predicted octanol–water partition coefficient (Wildman–Crippen LogP) is 2.19. The highest BCUT2D eigenvalue weighted by atomic mass is 19.1. The average Bonchev–Trinajstić information content (AvgIpc) is 2.83. The van der Waals surface area contributed by atoms with Gasteiger partial charge in [0.25, 0.3) is 5.91 Å². The second kappa shape index (κ2) is 9.71. The molecule has 2 saturated heterocycles. The lowest BCUT2D eigenvalue weighted by Gasteiger charge is -2.43. The molecule has 0 aromatic heterocycles. The quantitative estimate of drug-likeness (QED) is 0.672. The third-order valence-electron chi connectivity index (χ3n) is 7.13. The van der Waals surface area contributed by atoms with Crippen LogP contribution in [0.1, 0.15) is 22.0 Å². The van der Waals surface area contributed by atoms with E-state index in [1.807, 2.05) is 18.2 Å². The zero-order valence-electron chi connectivity index (χ0n) is 19.5. The maximum Gasteiger partial charge on any atom is 0.407 e. The molecule has 2 aromatic rings. The molecule has 3 heterocycles. The Bertz CT molecular complexity index is 1090. The number of piperazine rings is 1. The van der Waals surface area contributed by atoms with Crippen molar-refractivity contribution in [3.05, 3.63) is 59.4 Å². The Balaban J connectivity index is 1.40. The monoisotopic (exact) mass is 484 g/mol. The van der Waals surface area contributed by atoms with Crippen LogP contribution >= 0.6 is 0 Å². The third-order valence-corrected chi connectivity index (χ3v) is 7.13. The summed E-state index contributed by atoms with van der Waals surface area (Å²) in [5.41, 5.74) is 2.01. The van der Waals surface area contributed by atoms with E-state index >= 15 is 0 Å². The molecule has 5 rings (SSSR count). The molecule has 2 aromatic carbocycles. The average molecular weight is 485 g/mol. The molecule has 2 N–H and O–H groups in total. The minimum atomic E-state index is -1.12. The second-order valence-electron chi connectivity index (χ2n) is 9.17. The number of hydrogen-bond donors (Lipinski definition) is 2. The Hall–Kier alpha value is -3.37. The molecule has 2 amide bonds. The van der Waals surface area contributed by atoms with Crippen LogP contribution in [0.2, 0.25) is 0 Å². The van der Waals surface area contributed by atoms with Crippen LogP contribution in [-0.4, -0.2) is 92.0 Å². The predicted molar refractivity (Wildman–Crippen MR) is 127 cm³/mol. The first-order valence-electron chi connectivity index (χ1n) is 11.8. The van der Waals surface area contributed by atoms with Gasteiger partial charge < -0.3 is 29.7 Å². The molecule has 9 nitrogen and oxygen atoms in total. The lowest BCUT2D eigenvalue weighted by atomic mass is 9.94. The van der Waals surface area contributed by atoms with Crippen molar-refractivity contribution in [3.63, 3.8) is 0 Å². The summed E-state index contributed by atoms with van der Waals surface area (Å²) in [5.74, 6) is -0.233. The Kier molecular flexibility index (Phi) is 6.48. The molecular weight excluding hydrogens is 455 g/mol. The summed E-state index contributed by atoms with van der Waals surface area (Å²) in [6.45, 7) is 5.30. The van der Waals surface area contributed by atoms with E-state index in [4.69, 9.17) is 9.47 Å². The largest absolute Gasteiger partial charge is 0.491 e. The Morgan fingerprint density at radius 1 is 1.06 bits per heavy atom. The van der Waals surface area contributed by atoms with Gasteiger partial charge in [-0.2, -0.15) is 0 Å². The molecular formula is C25H29FN4O5. The summed E-state index contributed by atoms with van der Waals surface area (Å²) >= 11 is 0. The van der Waals surface area contributed by atoms with Crippen molar-refractivity contribution in [2.75, 3.05) is 57.9 Å². The van der Waals surface area contributed by atoms with E-state index < -0.39 is 29.9 Å². The number of hydrogen-bond acceptors (Lipinski definition) is 6. The molecule has 2 fully saturated rings. The fourth-order valence-corrected chi connectivity index (χ4v) is 4.84. The summed E-state index contributed by atoms with van der Waals surface area (Å²) in [4.78, 5) is 30.7. The minimum absolute atomic E-state index is 0.103. The molecule has 186 valence electrons. The van der Waals surface area contributed by atoms with Gasteiger partial charge in [0.2, 0.25) is 0 Å². The minimum Gasteiger partial charge on any atom is -0.491 e. The highest BCUT2D eigenvalue weighted by Crippen LogP contribution is 2.37. The second-order valence-corrected chi connectivity index (χ2v) is 9.17. The summed E-state index contributed by atoms with van der Waals surface area (Å²) < 4.78 is 24.6. The SMILES string of the molecule is CN(C(=O)O)[C@H]1COc2ccc(N3CCN(C4COC4)CC3)cc2[C@H]1NC(=O)c1ccc(F)cc1. The van der Waals surface area contributed by atoms with Crippen LogP contribution in [0.4, 0.5) is 14.9 Å². The van der Waals surface area contributed by atoms with Gasteiger partial charge in [0.05, 0.1) is 31.3 Å². The number of fused-ring (bicyclic) bond motifs is 1. The molecule has 3 aliphatic heterocycles. The number of ether oxygens (including phenoxy) is 2. The van der Waals surface area contributed by atoms with Crippen molar-refractivity contribution < 1.29 is 28.6 Å². The number of carbonyl (C=O) groups excluding carboxylic acids is 1. The van der Waals surface area contributed by atoms with Crippen LogP contribution in [0, 0.1) is 5.82 Å². The summed E-state index contributed by atoms with van der Waals surface area (Å²) in [6, 6.07) is 10.4. The van der Waals surface area contributed by atoms with Crippen LogP contribution < -0.4 is 15.0 Å². The van der Waals surface area contributed by atoms with Gasteiger partial charge in [-0.25, -0.2) is 9.18 Å². The van der Waals surface area contributed by atoms with E-state index in [0.29, 0.717) is 17.4 Å². The van der Waals surface area contributed by atoms with E-state index in [2.05, 4.69) is 15.1 Å². The molecule has 2 atom stereocenters. The molecule has 0 unspecified atom stereocenters. The van der Waals surface area contributed by atoms with Gasteiger partial charge in [0.1, 0.15) is 18.2 Å². The van der Waals surface area contributed by atoms with Gasteiger partial charge >= 0.3 is 6.09 Å². The number of benzene rings is 2. The molecule has 0 bridgehead atoms. The first kappa shape index (κ1) is 23.4. The fourth-order valence-electron chi connectivity index (χ4n) is 4.84. The Morgan fingerprint density at radius 2 is 1.77 bits per heavy atom. The number of nitrogens with zero attached hydrogens (tertiary/aromatic N) is 3. The molecule has 0 saturated carbocycles. The maximum absolute atomic E-state index is 13.3. The maximum atomic E-state index is 13.3. The van der Waals surface area contributed by atoms with Crippen molar-refractivity contribution >= 4 is 17.7 Å². The number of carboxylic acid groups (broad SMARTS) is 1. The van der Waals surface area contributed by atoms with E-state index in [9.17, 15) is 19.1 Å². The molecule has 3 aliphatic rings. The summed E-state index contributed by atoms with van der Waals surface area (Å²) in [7, 11) is 1.46. The van der Waals surface area contributed by atoms with Crippen molar-refractivity contribution in [1.29, 1.82) is 0 Å². The van der Waals surface area contributed by atoms with Crippen molar-refractivity contribution in [1.82, 2.24) is 15.1 Å². The Labute approximate surface area is 203 Å². The molecule has 0 radical (unpaired) electrons. The normalized spacial score (nSPS) is 22.5. The lowest BCUT2D eigenvalue weighted by molar-refractivity contribution is -0.0660. The fraction of sp³-hybridized carbons (Fsp3) is 0.440. The van der Waals surface area contributed by atoms with E-state index in [-0.39, 0.29) is 6.61 Å². The van der Waals surface area contributed by atoms with Gasteiger partial charge in [-0.3, -0.25) is 9.69 Å². The van der Waals surface area contributed by atoms with E-state index in [0.717, 1.165) is 55.5 Å². The van der Waals surface area contributed by atoms with E-state index in [1.165, 1.54) is 31.3 Å². The highest BCUT2D eigenvalue weighted by Gasteiger charge is 2.37. The smallest absolute Gasteiger partial charge is 0.407 e. The summed E-state index contributed by atoms with van der Waals surface area (Å²) in [5, 5.41) is 12.6. The van der Waals surface area contributed by atoms with E-state index in [1.54, 1.807) is 0 Å². The molecule has 0 spiro atoms. The number of halogens is 1. The number of anilines is 1. The molecule has 10 heteroatoms. The highest BCUT2D eigenvalue weighted by molar-refractivity contribution is 5.94. The molecule has 0 aliphatic carbocycles. The number of rotatable bonds is 5. The number of nitrogens with one attached hydrogen (secondary N) is 1. The topological polar surface area (TPSA) is 94.6 Å². The van der Waals surface area contributed by atoms with Crippen LogP contribution in [0.5, 0.6) is 5.75 Å². The van der Waals surface area contributed by atoms with Gasteiger partial charge in [-0.1, -0.05) is 0 Å².